The zero-order chi connectivity index (χ0) is 15.7. The number of hydrogen-bond acceptors (Lipinski definition) is 3. The standard InChI is InChI=1S/C18H23NO3/c1-18(12-13-6-4-3-5-7-13)11-10-14-8-9-15(16(20)22-2)19(14)17(18)21/h3-7,14-15H,8-12H2,1-2H3/t14?,15?,18-/m1/s1. The van der Waals surface area contributed by atoms with Crippen molar-refractivity contribution in [3.05, 3.63) is 35.9 Å². The number of fused-ring (bicyclic) bond motifs is 1. The van der Waals surface area contributed by atoms with Gasteiger partial charge in [-0.1, -0.05) is 37.3 Å². The molecule has 22 heavy (non-hydrogen) atoms. The van der Waals surface area contributed by atoms with Gasteiger partial charge in [0.1, 0.15) is 6.04 Å². The fraction of sp³-hybridized carbons (Fsp3) is 0.556. The molecule has 2 fully saturated rings. The maximum Gasteiger partial charge on any atom is 0.328 e. The highest BCUT2D eigenvalue weighted by atomic mass is 16.5. The highest BCUT2D eigenvalue weighted by Gasteiger charge is 2.51. The van der Waals surface area contributed by atoms with Gasteiger partial charge in [0.05, 0.1) is 12.5 Å². The zero-order valence-electron chi connectivity index (χ0n) is 13.2. The number of piperidine rings is 1. The Morgan fingerprint density at radius 1 is 1.27 bits per heavy atom. The minimum atomic E-state index is -0.422. The van der Waals surface area contributed by atoms with Crippen LogP contribution in [0.25, 0.3) is 0 Å². The van der Waals surface area contributed by atoms with Crippen LogP contribution in [0.15, 0.2) is 30.3 Å². The van der Waals surface area contributed by atoms with E-state index in [0.717, 1.165) is 32.1 Å². The number of nitrogens with zero attached hydrogens (tertiary/aromatic N) is 1. The average Bonchev–Trinajstić information content (AvgIpc) is 2.96. The van der Waals surface area contributed by atoms with Gasteiger partial charge in [0.15, 0.2) is 0 Å². The van der Waals surface area contributed by atoms with Gasteiger partial charge < -0.3 is 9.64 Å². The Labute approximate surface area is 131 Å². The lowest BCUT2D eigenvalue weighted by Crippen LogP contribution is -2.55. The second-order valence-electron chi connectivity index (χ2n) is 6.74. The monoisotopic (exact) mass is 301 g/mol. The van der Waals surface area contributed by atoms with Crippen LogP contribution in [0, 0.1) is 5.41 Å². The summed E-state index contributed by atoms with van der Waals surface area (Å²) in [6.07, 6.45) is 4.22. The molecule has 1 aromatic rings. The van der Waals surface area contributed by atoms with Crippen LogP contribution in [0.3, 0.4) is 0 Å². The second-order valence-corrected chi connectivity index (χ2v) is 6.74. The predicted molar refractivity (Wildman–Crippen MR) is 83.2 cm³/mol. The largest absolute Gasteiger partial charge is 0.467 e. The number of carbonyl (C=O) groups excluding carboxylic acids is 2. The molecule has 0 N–H and O–H groups in total. The van der Waals surface area contributed by atoms with Gasteiger partial charge in [0.25, 0.3) is 0 Å². The normalized spacial score (nSPS) is 31.0. The lowest BCUT2D eigenvalue weighted by Gasteiger charge is -2.43. The third-order valence-corrected chi connectivity index (χ3v) is 5.19. The van der Waals surface area contributed by atoms with Crippen molar-refractivity contribution in [3.63, 3.8) is 0 Å². The summed E-state index contributed by atoms with van der Waals surface area (Å²) < 4.78 is 4.89. The van der Waals surface area contributed by atoms with E-state index in [4.69, 9.17) is 4.74 Å². The Bertz CT molecular complexity index is 571. The van der Waals surface area contributed by atoms with Crippen LogP contribution >= 0.6 is 0 Å². The molecule has 2 heterocycles. The Hall–Kier alpha value is -1.84. The Balaban J connectivity index is 1.83. The van der Waals surface area contributed by atoms with Crippen LogP contribution < -0.4 is 0 Å². The van der Waals surface area contributed by atoms with Crippen LogP contribution in [-0.4, -0.2) is 36.0 Å². The van der Waals surface area contributed by atoms with Crippen LogP contribution in [0.5, 0.6) is 0 Å². The quantitative estimate of drug-likeness (QED) is 0.806. The molecule has 1 amide bonds. The first-order valence-electron chi connectivity index (χ1n) is 8.00. The molecule has 4 heteroatoms. The lowest BCUT2D eigenvalue weighted by molar-refractivity contribution is -0.159. The lowest BCUT2D eigenvalue weighted by atomic mass is 9.74. The fourth-order valence-corrected chi connectivity index (χ4v) is 3.96. The van der Waals surface area contributed by atoms with E-state index < -0.39 is 11.5 Å². The molecule has 2 aliphatic rings. The summed E-state index contributed by atoms with van der Waals surface area (Å²) in [4.78, 5) is 26.9. The van der Waals surface area contributed by atoms with Crippen molar-refractivity contribution in [1.82, 2.24) is 4.90 Å². The van der Waals surface area contributed by atoms with Gasteiger partial charge in [-0.25, -0.2) is 4.79 Å². The van der Waals surface area contributed by atoms with Gasteiger partial charge in [-0.15, -0.1) is 0 Å². The molecule has 0 bridgehead atoms. The van der Waals surface area contributed by atoms with Gasteiger partial charge >= 0.3 is 5.97 Å². The fourth-order valence-electron chi connectivity index (χ4n) is 3.96. The first-order valence-corrected chi connectivity index (χ1v) is 8.00. The number of esters is 1. The molecule has 3 atom stereocenters. The summed E-state index contributed by atoms with van der Waals surface area (Å²) in [5, 5.41) is 0. The number of ether oxygens (including phenoxy) is 1. The first-order chi connectivity index (χ1) is 10.5. The SMILES string of the molecule is COC(=O)C1CCC2CC[C@](C)(Cc3ccccc3)C(=O)N21. The van der Waals surface area contributed by atoms with Crippen LogP contribution in [-0.2, 0) is 20.7 Å². The van der Waals surface area contributed by atoms with Gasteiger partial charge in [-0.3, -0.25) is 4.79 Å². The summed E-state index contributed by atoms with van der Waals surface area (Å²) in [5.41, 5.74) is 0.750. The van der Waals surface area contributed by atoms with Crippen molar-refractivity contribution in [1.29, 1.82) is 0 Å². The van der Waals surface area contributed by atoms with Crippen molar-refractivity contribution in [2.24, 2.45) is 5.41 Å². The molecule has 0 aromatic heterocycles. The molecule has 2 aliphatic heterocycles. The number of methoxy groups -OCH3 is 1. The minimum absolute atomic E-state index is 0.112. The molecule has 118 valence electrons. The molecule has 0 spiro atoms. The second kappa shape index (κ2) is 5.75. The summed E-state index contributed by atoms with van der Waals surface area (Å²) in [6.45, 7) is 2.03. The smallest absolute Gasteiger partial charge is 0.328 e. The van der Waals surface area contributed by atoms with Crippen molar-refractivity contribution in [2.45, 2.75) is 51.1 Å². The Morgan fingerprint density at radius 3 is 2.68 bits per heavy atom. The number of rotatable bonds is 3. The summed E-state index contributed by atoms with van der Waals surface area (Å²) >= 11 is 0. The van der Waals surface area contributed by atoms with E-state index in [-0.39, 0.29) is 17.9 Å². The van der Waals surface area contributed by atoms with Crippen molar-refractivity contribution >= 4 is 11.9 Å². The van der Waals surface area contributed by atoms with Crippen LogP contribution in [0.4, 0.5) is 0 Å². The molecule has 2 unspecified atom stereocenters. The van der Waals surface area contributed by atoms with E-state index in [1.54, 1.807) is 0 Å². The third-order valence-electron chi connectivity index (χ3n) is 5.19. The zero-order valence-corrected chi connectivity index (χ0v) is 13.2. The molecule has 2 saturated heterocycles. The number of amides is 1. The summed E-state index contributed by atoms with van der Waals surface area (Å²) in [5.74, 6) is -0.166. The van der Waals surface area contributed by atoms with Gasteiger partial charge in [-0.05, 0) is 37.7 Å². The topological polar surface area (TPSA) is 46.6 Å². The molecule has 0 saturated carbocycles. The van der Waals surface area contributed by atoms with E-state index >= 15 is 0 Å². The molecule has 4 nitrogen and oxygen atoms in total. The predicted octanol–water partition coefficient (Wildman–Crippen LogP) is 2.56. The van der Waals surface area contributed by atoms with Crippen LogP contribution in [0.1, 0.15) is 38.2 Å². The van der Waals surface area contributed by atoms with E-state index in [9.17, 15) is 9.59 Å². The van der Waals surface area contributed by atoms with Crippen LogP contribution in [0.2, 0.25) is 0 Å². The van der Waals surface area contributed by atoms with Gasteiger partial charge in [-0.2, -0.15) is 0 Å². The molecule has 1 aromatic carbocycles. The minimum Gasteiger partial charge on any atom is -0.467 e. The Kier molecular flexibility index (Phi) is 3.94. The van der Waals surface area contributed by atoms with E-state index in [1.807, 2.05) is 30.0 Å². The van der Waals surface area contributed by atoms with Gasteiger partial charge in [0, 0.05) is 6.04 Å². The number of hydrogen-bond donors (Lipinski definition) is 0. The van der Waals surface area contributed by atoms with E-state index in [2.05, 4.69) is 12.1 Å². The van der Waals surface area contributed by atoms with Gasteiger partial charge in [0.2, 0.25) is 5.91 Å². The first kappa shape index (κ1) is 15.1. The van der Waals surface area contributed by atoms with E-state index in [1.165, 1.54) is 12.7 Å². The highest BCUT2D eigenvalue weighted by molar-refractivity contribution is 5.89. The molecule has 3 rings (SSSR count). The highest BCUT2D eigenvalue weighted by Crippen LogP contribution is 2.42. The maximum atomic E-state index is 13.1. The third kappa shape index (κ3) is 2.51. The molecule has 0 aliphatic carbocycles. The molecule has 0 radical (unpaired) electrons. The summed E-state index contributed by atoms with van der Waals surface area (Å²) in [7, 11) is 1.40. The van der Waals surface area contributed by atoms with E-state index in [0.29, 0.717) is 0 Å². The maximum absolute atomic E-state index is 13.1. The number of carbonyl (C=O) groups is 2. The average molecular weight is 301 g/mol. The Morgan fingerprint density at radius 2 is 2.00 bits per heavy atom. The molecular weight excluding hydrogens is 278 g/mol. The number of benzene rings is 1. The van der Waals surface area contributed by atoms with Crippen molar-refractivity contribution in [2.75, 3.05) is 7.11 Å². The summed E-state index contributed by atoms with van der Waals surface area (Å²) in [6, 6.07) is 9.93. The molecular formula is C18H23NO3. The van der Waals surface area contributed by atoms with Crippen molar-refractivity contribution in [3.8, 4) is 0 Å². The van der Waals surface area contributed by atoms with Crippen molar-refractivity contribution < 1.29 is 14.3 Å².